The molecular formula is C12H22N2O. The van der Waals surface area contributed by atoms with Gasteiger partial charge in [-0.05, 0) is 23.8 Å². The molecule has 0 aromatic carbocycles. The summed E-state index contributed by atoms with van der Waals surface area (Å²) in [7, 11) is 0. The molecule has 0 bridgehead atoms. The van der Waals surface area contributed by atoms with Crippen molar-refractivity contribution in [3.8, 4) is 0 Å². The van der Waals surface area contributed by atoms with Crippen molar-refractivity contribution in [3.05, 3.63) is 0 Å². The highest BCUT2D eigenvalue weighted by Crippen LogP contribution is 2.62. The Bertz CT molecular complexity index is 263. The van der Waals surface area contributed by atoms with Gasteiger partial charge in [-0.15, -0.1) is 0 Å². The molecule has 1 heterocycles. The van der Waals surface area contributed by atoms with Crippen LogP contribution in [-0.2, 0) is 4.79 Å². The summed E-state index contributed by atoms with van der Waals surface area (Å²) in [5.74, 6) is 0.431. The third kappa shape index (κ3) is 1.57. The Morgan fingerprint density at radius 2 is 1.87 bits per heavy atom. The quantitative estimate of drug-likeness (QED) is 0.718. The molecule has 0 aromatic heterocycles. The molecule has 1 aliphatic carbocycles. The van der Waals surface area contributed by atoms with Crippen LogP contribution in [0, 0.1) is 16.7 Å². The highest BCUT2D eigenvalue weighted by atomic mass is 16.2. The van der Waals surface area contributed by atoms with E-state index in [9.17, 15) is 4.79 Å². The average Bonchev–Trinajstić information content (AvgIpc) is 2.65. The lowest BCUT2D eigenvalue weighted by molar-refractivity contribution is -0.124. The van der Waals surface area contributed by atoms with Crippen LogP contribution < -0.4 is 10.6 Å². The van der Waals surface area contributed by atoms with Crippen LogP contribution in [0.2, 0.25) is 0 Å². The minimum Gasteiger partial charge on any atom is -0.352 e. The van der Waals surface area contributed by atoms with Gasteiger partial charge in [0, 0.05) is 12.6 Å². The third-order valence-corrected chi connectivity index (χ3v) is 4.74. The Kier molecular flexibility index (Phi) is 2.34. The Labute approximate surface area is 92.0 Å². The van der Waals surface area contributed by atoms with E-state index < -0.39 is 0 Å². The minimum absolute atomic E-state index is 0.192. The summed E-state index contributed by atoms with van der Waals surface area (Å²) in [6, 6.07) is 0.345. The average molecular weight is 210 g/mol. The van der Waals surface area contributed by atoms with Crippen LogP contribution in [0.4, 0.5) is 0 Å². The Morgan fingerprint density at radius 3 is 2.27 bits per heavy atom. The van der Waals surface area contributed by atoms with E-state index in [-0.39, 0.29) is 22.7 Å². The molecule has 2 rings (SSSR count). The molecule has 2 aliphatic rings. The molecular weight excluding hydrogens is 188 g/mol. The van der Waals surface area contributed by atoms with Gasteiger partial charge in [-0.25, -0.2) is 0 Å². The predicted octanol–water partition coefficient (Wildman–Crippen LogP) is 1.15. The summed E-state index contributed by atoms with van der Waals surface area (Å²) >= 11 is 0. The molecule has 2 N–H and O–H groups in total. The van der Waals surface area contributed by atoms with Crippen LogP contribution in [0.1, 0.15) is 34.1 Å². The number of carbonyl (C=O) groups is 1. The van der Waals surface area contributed by atoms with Crippen molar-refractivity contribution in [1.29, 1.82) is 0 Å². The van der Waals surface area contributed by atoms with Gasteiger partial charge >= 0.3 is 0 Å². The van der Waals surface area contributed by atoms with Gasteiger partial charge in [-0.2, -0.15) is 0 Å². The molecule has 0 radical (unpaired) electrons. The summed E-state index contributed by atoms with van der Waals surface area (Å²) in [6.07, 6.45) is 0.986. The molecule has 1 saturated carbocycles. The lowest BCUT2D eigenvalue weighted by Crippen LogP contribution is -2.36. The zero-order chi connectivity index (χ0) is 11.3. The summed E-state index contributed by atoms with van der Waals surface area (Å²) < 4.78 is 0. The monoisotopic (exact) mass is 210 g/mol. The molecule has 2 fully saturated rings. The molecule has 0 aromatic rings. The zero-order valence-electron chi connectivity index (χ0n) is 10.2. The van der Waals surface area contributed by atoms with Crippen LogP contribution in [0.25, 0.3) is 0 Å². The summed E-state index contributed by atoms with van der Waals surface area (Å²) in [5.41, 5.74) is 0.489. The lowest BCUT2D eigenvalue weighted by Gasteiger charge is -2.11. The van der Waals surface area contributed by atoms with Crippen molar-refractivity contribution < 1.29 is 4.79 Å². The number of rotatable bonds is 2. The van der Waals surface area contributed by atoms with Gasteiger partial charge in [0.1, 0.15) is 0 Å². The standard InChI is InChI=1S/C12H22N2O/c1-11(2)10(12(11,3)4)14-9(15)8-5-6-13-7-8/h8,10,13H,5-7H2,1-4H3,(H,14,15). The van der Waals surface area contributed by atoms with E-state index in [1.807, 2.05) is 0 Å². The first-order valence-corrected chi connectivity index (χ1v) is 5.88. The fourth-order valence-electron chi connectivity index (χ4n) is 2.70. The fraction of sp³-hybridized carbons (Fsp3) is 0.917. The van der Waals surface area contributed by atoms with Crippen LogP contribution in [0.15, 0.2) is 0 Å². The van der Waals surface area contributed by atoms with E-state index in [1.54, 1.807) is 0 Å². The Balaban J connectivity index is 1.91. The topological polar surface area (TPSA) is 41.1 Å². The van der Waals surface area contributed by atoms with E-state index in [2.05, 4.69) is 38.3 Å². The summed E-state index contributed by atoms with van der Waals surface area (Å²) in [4.78, 5) is 11.9. The van der Waals surface area contributed by atoms with Gasteiger partial charge in [0.05, 0.1) is 5.92 Å². The maximum Gasteiger partial charge on any atom is 0.224 e. The molecule has 1 saturated heterocycles. The number of hydrogen-bond donors (Lipinski definition) is 2. The third-order valence-electron chi connectivity index (χ3n) is 4.74. The summed E-state index contributed by atoms with van der Waals surface area (Å²) in [6.45, 7) is 10.7. The normalized spacial score (nSPS) is 32.7. The van der Waals surface area contributed by atoms with Crippen molar-refractivity contribution in [2.24, 2.45) is 16.7 Å². The van der Waals surface area contributed by atoms with Crippen LogP contribution in [-0.4, -0.2) is 25.0 Å². The van der Waals surface area contributed by atoms with E-state index >= 15 is 0 Å². The van der Waals surface area contributed by atoms with Crippen LogP contribution >= 0.6 is 0 Å². The number of hydrogen-bond acceptors (Lipinski definition) is 2. The second kappa shape index (κ2) is 3.21. The molecule has 1 aliphatic heterocycles. The first-order chi connectivity index (χ1) is 6.87. The van der Waals surface area contributed by atoms with Crippen molar-refractivity contribution in [3.63, 3.8) is 0 Å². The molecule has 1 amide bonds. The van der Waals surface area contributed by atoms with E-state index in [0.29, 0.717) is 6.04 Å². The van der Waals surface area contributed by atoms with Gasteiger partial charge in [-0.1, -0.05) is 27.7 Å². The molecule has 15 heavy (non-hydrogen) atoms. The van der Waals surface area contributed by atoms with Crippen molar-refractivity contribution in [2.75, 3.05) is 13.1 Å². The smallest absolute Gasteiger partial charge is 0.224 e. The Morgan fingerprint density at radius 1 is 1.27 bits per heavy atom. The molecule has 1 unspecified atom stereocenters. The minimum atomic E-state index is 0.192. The maximum absolute atomic E-state index is 11.9. The van der Waals surface area contributed by atoms with E-state index in [0.717, 1.165) is 19.5 Å². The molecule has 86 valence electrons. The van der Waals surface area contributed by atoms with Gasteiger partial charge in [0.15, 0.2) is 0 Å². The highest BCUT2D eigenvalue weighted by Gasteiger charge is 2.65. The predicted molar refractivity (Wildman–Crippen MR) is 60.5 cm³/mol. The second-order valence-corrected chi connectivity index (χ2v) is 6.07. The van der Waals surface area contributed by atoms with Gasteiger partial charge in [-0.3, -0.25) is 4.79 Å². The lowest BCUT2D eigenvalue weighted by atomic mass is 10.0. The number of amides is 1. The number of carbonyl (C=O) groups excluding carboxylic acids is 1. The highest BCUT2D eigenvalue weighted by molar-refractivity contribution is 5.80. The zero-order valence-corrected chi connectivity index (χ0v) is 10.2. The maximum atomic E-state index is 11.9. The SMILES string of the molecule is CC1(C)C(NC(=O)C2CCNC2)C1(C)C. The Hall–Kier alpha value is -0.570. The van der Waals surface area contributed by atoms with Gasteiger partial charge in [0.25, 0.3) is 0 Å². The largest absolute Gasteiger partial charge is 0.352 e. The van der Waals surface area contributed by atoms with Crippen LogP contribution in [0.3, 0.4) is 0 Å². The first-order valence-electron chi connectivity index (χ1n) is 5.88. The summed E-state index contributed by atoms with van der Waals surface area (Å²) in [5, 5.41) is 6.42. The fourth-order valence-corrected chi connectivity index (χ4v) is 2.70. The first kappa shape index (κ1) is 10.9. The molecule has 3 nitrogen and oxygen atoms in total. The van der Waals surface area contributed by atoms with E-state index in [4.69, 9.17) is 0 Å². The van der Waals surface area contributed by atoms with Gasteiger partial charge < -0.3 is 10.6 Å². The van der Waals surface area contributed by atoms with Crippen molar-refractivity contribution >= 4 is 5.91 Å². The van der Waals surface area contributed by atoms with Crippen molar-refractivity contribution in [2.45, 2.75) is 40.2 Å². The molecule has 1 atom stereocenters. The van der Waals surface area contributed by atoms with E-state index in [1.165, 1.54) is 0 Å². The second-order valence-electron chi connectivity index (χ2n) is 6.07. The molecule has 3 heteroatoms. The van der Waals surface area contributed by atoms with Gasteiger partial charge in [0.2, 0.25) is 5.91 Å². The number of nitrogens with one attached hydrogen (secondary N) is 2. The molecule has 0 spiro atoms. The van der Waals surface area contributed by atoms with Crippen LogP contribution in [0.5, 0.6) is 0 Å². The van der Waals surface area contributed by atoms with Crippen molar-refractivity contribution in [1.82, 2.24) is 10.6 Å².